The number of ketones is 1. The molecule has 3 aromatic rings. The Morgan fingerprint density at radius 1 is 0.703 bits per heavy atom. The normalized spacial score (nSPS) is 17.6. The van der Waals surface area contributed by atoms with E-state index < -0.39 is 0 Å². The number of aromatic nitrogens is 1. The molecule has 3 heterocycles. The molecule has 2 aliphatic heterocycles. The van der Waals surface area contributed by atoms with E-state index in [1.54, 1.807) is 18.3 Å². The van der Waals surface area contributed by atoms with Crippen LogP contribution in [0.5, 0.6) is 0 Å². The predicted molar refractivity (Wildman–Crippen MR) is 145 cm³/mol. The summed E-state index contributed by atoms with van der Waals surface area (Å²) < 4.78 is 0. The molecular formula is C31H36N4O2. The second-order valence-corrected chi connectivity index (χ2v) is 10.3. The maximum absolute atomic E-state index is 13.0. The average Bonchev–Trinajstić information content (AvgIpc) is 2.95. The standard InChI is InChI=1S/C31H36N4O2/c36-30(21-25-13-15-33(16-14-25)23-26-7-3-1-4-8-26)29-12-11-28(22-32-29)31(37)35-19-17-34(18-20-35)24-27-9-5-2-6-10-27/h1-12,22,25H,13-21,23-24H2. The van der Waals surface area contributed by atoms with Gasteiger partial charge in [0.1, 0.15) is 5.69 Å². The molecule has 192 valence electrons. The number of benzene rings is 2. The van der Waals surface area contributed by atoms with Gasteiger partial charge in [-0.15, -0.1) is 0 Å². The first-order valence-corrected chi connectivity index (χ1v) is 13.4. The molecule has 0 bridgehead atoms. The molecule has 2 fully saturated rings. The van der Waals surface area contributed by atoms with Crippen molar-refractivity contribution < 1.29 is 9.59 Å². The van der Waals surface area contributed by atoms with Gasteiger partial charge in [0.15, 0.2) is 5.78 Å². The van der Waals surface area contributed by atoms with E-state index in [4.69, 9.17) is 0 Å². The van der Waals surface area contributed by atoms with Gasteiger partial charge in [-0.3, -0.25) is 24.4 Å². The van der Waals surface area contributed by atoms with Gasteiger partial charge in [0.2, 0.25) is 0 Å². The maximum Gasteiger partial charge on any atom is 0.255 e. The minimum absolute atomic E-state index is 0.00310. The Labute approximate surface area is 219 Å². The molecule has 5 rings (SSSR count). The van der Waals surface area contributed by atoms with Crippen LogP contribution in [0.1, 0.15) is 51.2 Å². The Hall–Kier alpha value is -3.35. The lowest BCUT2D eigenvalue weighted by Crippen LogP contribution is -2.48. The third-order valence-electron chi connectivity index (χ3n) is 7.63. The summed E-state index contributed by atoms with van der Waals surface area (Å²) in [6.45, 7) is 7.04. The summed E-state index contributed by atoms with van der Waals surface area (Å²) in [6, 6.07) is 24.5. The van der Waals surface area contributed by atoms with Crippen LogP contribution in [0.3, 0.4) is 0 Å². The van der Waals surface area contributed by atoms with Crippen LogP contribution < -0.4 is 0 Å². The molecule has 0 radical (unpaired) electrons. The van der Waals surface area contributed by atoms with Crippen LogP contribution in [0.4, 0.5) is 0 Å². The number of piperazine rings is 1. The first-order chi connectivity index (χ1) is 18.1. The zero-order valence-electron chi connectivity index (χ0n) is 21.5. The summed E-state index contributed by atoms with van der Waals surface area (Å²) in [7, 11) is 0. The molecule has 1 amide bonds. The van der Waals surface area contributed by atoms with Crippen LogP contribution >= 0.6 is 0 Å². The Bertz CT molecular complexity index is 1150. The van der Waals surface area contributed by atoms with E-state index in [0.717, 1.165) is 52.1 Å². The summed E-state index contributed by atoms with van der Waals surface area (Å²) >= 11 is 0. The largest absolute Gasteiger partial charge is 0.336 e. The number of rotatable bonds is 8. The van der Waals surface area contributed by atoms with Crippen molar-refractivity contribution in [2.45, 2.75) is 32.4 Å². The highest BCUT2D eigenvalue weighted by Gasteiger charge is 2.24. The number of carbonyl (C=O) groups excluding carboxylic acids is 2. The highest BCUT2D eigenvalue weighted by atomic mass is 16.2. The van der Waals surface area contributed by atoms with Gasteiger partial charge in [0.05, 0.1) is 5.56 Å². The summed E-state index contributed by atoms with van der Waals surface area (Å²) in [6.07, 6.45) is 4.17. The molecule has 2 aromatic carbocycles. The minimum Gasteiger partial charge on any atom is -0.336 e. The monoisotopic (exact) mass is 496 g/mol. The fourth-order valence-corrected chi connectivity index (χ4v) is 5.38. The van der Waals surface area contributed by atoms with Crippen LogP contribution in [0.2, 0.25) is 0 Å². The molecular weight excluding hydrogens is 460 g/mol. The van der Waals surface area contributed by atoms with Gasteiger partial charge in [-0.25, -0.2) is 0 Å². The van der Waals surface area contributed by atoms with E-state index in [-0.39, 0.29) is 11.7 Å². The van der Waals surface area contributed by atoms with Crippen molar-refractivity contribution in [2.75, 3.05) is 39.3 Å². The molecule has 6 nitrogen and oxygen atoms in total. The second-order valence-electron chi connectivity index (χ2n) is 10.3. The molecule has 6 heteroatoms. The summed E-state index contributed by atoms with van der Waals surface area (Å²) in [5.41, 5.74) is 3.66. The number of likely N-dealkylation sites (tertiary alicyclic amines) is 1. The fourth-order valence-electron chi connectivity index (χ4n) is 5.38. The van der Waals surface area contributed by atoms with Gasteiger partial charge in [-0.1, -0.05) is 60.7 Å². The average molecular weight is 497 g/mol. The van der Waals surface area contributed by atoms with Gasteiger partial charge < -0.3 is 4.90 Å². The van der Waals surface area contributed by atoms with Crippen LogP contribution in [0.25, 0.3) is 0 Å². The number of amides is 1. The molecule has 0 atom stereocenters. The highest BCUT2D eigenvalue weighted by molar-refractivity contribution is 5.97. The third kappa shape index (κ3) is 6.90. The number of carbonyl (C=O) groups is 2. The number of Topliss-reactive ketones (excluding diaryl/α,β-unsaturated/α-hetero) is 1. The Kier molecular flexibility index (Phi) is 8.39. The second kappa shape index (κ2) is 12.3. The highest BCUT2D eigenvalue weighted by Crippen LogP contribution is 2.23. The van der Waals surface area contributed by atoms with Crippen molar-refractivity contribution in [3.63, 3.8) is 0 Å². The van der Waals surface area contributed by atoms with Crippen molar-refractivity contribution in [3.8, 4) is 0 Å². The summed E-state index contributed by atoms with van der Waals surface area (Å²) in [4.78, 5) is 37.0. The van der Waals surface area contributed by atoms with Crippen molar-refractivity contribution in [3.05, 3.63) is 101 Å². The molecule has 2 saturated heterocycles. The first-order valence-electron chi connectivity index (χ1n) is 13.4. The lowest BCUT2D eigenvalue weighted by atomic mass is 9.90. The van der Waals surface area contributed by atoms with Crippen molar-refractivity contribution in [1.82, 2.24) is 19.7 Å². The van der Waals surface area contributed by atoms with Crippen molar-refractivity contribution in [1.29, 1.82) is 0 Å². The van der Waals surface area contributed by atoms with Gasteiger partial charge in [-0.05, 0) is 55.1 Å². The zero-order chi connectivity index (χ0) is 25.5. The van der Waals surface area contributed by atoms with Crippen LogP contribution in [-0.4, -0.2) is 70.6 Å². The molecule has 2 aliphatic rings. The van der Waals surface area contributed by atoms with Gasteiger partial charge in [-0.2, -0.15) is 0 Å². The molecule has 1 aromatic heterocycles. The number of pyridine rings is 1. The van der Waals surface area contributed by atoms with Gasteiger partial charge >= 0.3 is 0 Å². The fraction of sp³-hybridized carbons (Fsp3) is 0.387. The summed E-state index contributed by atoms with van der Waals surface area (Å²) in [5, 5.41) is 0. The lowest BCUT2D eigenvalue weighted by molar-refractivity contribution is 0.0627. The van der Waals surface area contributed by atoms with Crippen molar-refractivity contribution in [2.24, 2.45) is 5.92 Å². The minimum atomic E-state index is -0.00310. The molecule has 0 unspecified atom stereocenters. The Morgan fingerprint density at radius 3 is 1.81 bits per heavy atom. The zero-order valence-corrected chi connectivity index (χ0v) is 21.5. The Morgan fingerprint density at radius 2 is 1.27 bits per heavy atom. The van der Waals surface area contributed by atoms with E-state index >= 15 is 0 Å². The van der Waals surface area contributed by atoms with Gasteiger partial charge in [0.25, 0.3) is 5.91 Å². The molecule has 0 saturated carbocycles. The van der Waals surface area contributed by atoms with Crippen LogP contribution in [0, 0.1) is 5.92 Å². The molecule has 0 spiro atoms. The van der Waals surface area contributed by atoms with Crippen LogP contribution in [-0.2, 0) is 13.1 Å². The number of hydrogen-bond acceptors (Lipinski definition) is 5. The smallest absolute Gasteiger partial charge is 0.255 e. The SMILES string of the molecule is O=C(CC1CCN(Cc2ccccc2)CC1)c1ccc(C(=O)N2CCN(Cc3ccccc3)CC2)cn1. The maximum atomic E-state index is 13.0. The quantitative estimate of drug-likeness (QED) is 0.429. The molecule has 0 aliphatic carbocycles. The molecule has 0 N–H and O–H groups in total. The number of nitrogens with zero attached hydrogens (tertiary/aromatic N) is 4. The van der Waals surface area contributed by atoms with E-state index in [0.29, 0.717) is 36.7 Å². The lowest BCUT2D eigenvalue weighted by Gasteiger charge is -2.34. The third-order valence-corrected chi connectivity index (χ3v) is 7.63. The Balaban J connectivity index is 1.06. The topological polar surface area (TPSA) is 56.8 Å². The van der Waals surface area contributed by atoms with Crippen LogP contribution in [0.15, 0.2) is 79.0 Å². The van der Waals surface area contributed by atoms with E-state index in [9.17, 15) is 9.59 Å². The van der Waals surface area contributed by atoms with E-state index in [2.05, 4.69) is 63.3 Å². The first kappa shape index (κ1) is 25.3. The van der Waals surface area contributed by atoms with E-state index in [1.165, 1.54) is 11.1 Å². The number of piperidine rings is 1. The summed E-state index contributed by atoms with van der Waals surface area (Å²) in [5.74, 6) is 0.474. The molecule has 37 heavy (non-hydrogen) atoms. The van der Waals surface area contributed by atoms with Crippen molar-refractivity contribution >= 4 is 11.7 Å². The predicted octanol–water partition coefficient (Wildman–Crippen LogP) is 4.52. The van der Waals surface area contributed by atoms with E-state index in [1.807, 2.05) is 17.0 Å². The number of hydrogen-bond donors (Lipinski definition) is 0. The van der Waals surface area contributed by atoms with Gasteiger partial charge in [0, 0.05) is 51.9 Å².